The number of aromatic amines is 1. The quantitative estimate of drug-likeness (QED) is 0.152. The molecule has 41 heavy (non-hydrogen) atoms. The van der Waals surface area contributed by atoms with Crippen LogP contribution in [0.4, 0.5) is 5.95 Å². The van der Waals surface area contributed by atoms with Gasteiger partial charge in [0.25, 0.3) is 5.56 Å². The second kappa shape index (κ2) is 11.2. The van der Waals surface area contributed by atoms with Crippen molar-refractivity contribution in [2.45, 2.75) is 51.5 Å². The van der Waals surface area contributed by atoms with Gasteiger partial charge in [-0.15, -0.1) is 0 Å². The number of ether oxygens (including phenoxy) is 3. The van der Waals surface area contributed by atoms with Gasteiger partial charge in [0.2, 0.25) is 12.7 Å². The largest absolute Gasteiger partial charge is 0.462 e. The van der Waals surface area contributed by atoms with Crippen LogP contribution in [0.3, 0.4) is 0 Å². The van der Waals surface area contributed by atoms with E-state index in [2.05, 4.69) is 26.6 Å². The number of anilines is 1. The number of hydrogen-bond acceptors (Lipinski definition) is 12. The van der Waals surface area contributed by atoms with Gasteiger partial charge >= 0.3 is 13.7 Å². The molecule has 5 rings (SSSR count). The summed E-state index contributed by atoms with van der Waals surface area (Å²) in [5.41, 5.74) is 6.08. The maximum absolute atomic E-state index is 14.0. The number of fused-ring (bicyclic) bond motifs is 2. The molecule has 5 N–H and O–H groups in total. The highest BCUT2D eigenvalue weighted by molar-refractivity contribution is 7.52. The first-order valence-corrected chi connectivity index (χ1v) is 14.4. The van der Waals surface area contributed by atoms with Crippen LogP contribution in [-0.4, -0.2) is 62.2 Å². The zero-order valence-corrected chi connectivity index (χ0v) is 23.5. The summed E-state index contributed by atoms with van der Waals surface area (Å²) < 4.78 is 43.0. The van der Waals surface area contributed by atoms with Crippen molar-refractivity contribution in [3.63, 3.8) is 0 Å². The Kier molecular flexibility index (Phi) is 7.79. The molecule has 0 bridgehead atoms. The number of H-pyrrole nitrogens is 1. The summed E-state index contributed by atoms with van der Waals surface area (Å²) in [5, 5.41) is 13.5. The number of aromatic nitrogens is 4. The molecule has 5 atom stereocenters. The minimum Gasteiger partial charge on any atom is -0.462 e. The fraction of sp³-hybridized carbons (Fsp3) is 0.440. The number of hydrogen-bond donors (Lipinski definition) is 4. The number of nitrogen functional groups attached to an aromatic ring is 1. The highest BCUT2D eigenvalue weighted by Crippen LogP contribution is 2.49. The topological polar surface area (TPSA) is 202 Å². The molecule has 15 nitrogen and oxygen atoms in total. The molecule has 1 aromatic carbocycles. The standard InChI is InChI=1S/C25H31N6O9P/c1-12(2)39-24(34)14(4)30-41(35,40-15-5-6-19-20(7-15)37-11-36-19)38-9-16-13(3)17(8-18(16)32)31-10-27-21-22(31)28-25(26)29-23(21)33/h5-7,10,12,14,16-18,32H,3,8-9,11H2,1-2,4H3,(H,30,35)(H3,26,28,29,33)/t14-,16-,17-,18-,41+/m0/s1. The number of rotatable bonds is 10. The molecule has 16 heteroatoms. The van der Waals surface area contributed by atoms with Crippen molar-refractivity contribution >= 4 is 30.8 Å². The van der Waals surface area contributed by atoms with Gasteiger partial charge in [-0.3, -0.25) is 19.1 Å². The van der Waals surface area contributed by atoms with Gasteiger partial charge in [-0.05, 0) is 44.9 Å². The molecule has 0 unspecified atom stereocenters. The minimum absolute atomic E-state index is 0.0365. The molecule has 0 saturated heterocycles. The van der Waals surface area contributed by atoms with E-state index in [0.29, 0.717) is 17.1 Å². The average molecular weight is 591 g/mol. The molecule has 3 aromatic rings. The number of nitrogens with one attached hydrogen (secondary N) is 2. The number of nitrogens with zero attached hydrogens (tertiary/aromatic N) is 3. The van der Waals surface area contributed by atoms with Crippen molar-refractivity contribution in [3.05, 3.63) is 47.0 Å². The molecule has 3 heterocycles. The molecule has 1 aliphatic carbocycles. The van der Waals surface area contributed by atoms with Crippen molar-refractivity contribution in [1.82, 2.24) is 24.6 Å². The molecular formula is C25H31N6O9P. The van der Waals surface area contributed by atoms with E-state index in [9.17, 15) is 19.3 Å². The Hall–Kier alpha value is -3.91. The monoisotopic (exact) mass is 590 g/mol. The fourth-order valence-corrected chi connectivity index (χ4v) is 6.19. The molecule has 1 saturated carbocycles. The molecule has 0 amide bonds. The number of aliphatic hydroxyl groups is 1. The van der Waals surface area contributed by atoms with E-state index < -0.39 is 49.5 Å². The lowest BCUT2D eigenvalue weighted by molar-refractivity contribution is -0.149. The second-order valence-corrected chi connectivity index (χ2v) is 11.7. The van der Waals surface area contributed by atoms with Gasteiger partial charge in [0.1, 0.15) is 11.8 Å². The number of aliphatic hydroxyl groups excluding tert-OH is 1. The third-order valence-electron chi connectivity index (χ3n) is 6.67. The highest BCUT2D eigenvalue weighted by atomic mass is 31.2. The van der Waals surface area contributed by atoms with Crippen LogP contribution in [-0.2, 0) is 18.6 Å². The molecule has 1 aliphatic heterocycles. The van der Waals surface area contributed by atoms with Gasteiger partial charge < -0.3 is 34.1 Å². The van der Waals surface area contributed by atoms with Gasteiger partial charge in [0.05, 0.1) is 31.2 Å². The first-order chi connectivity index (χ1) is 19.4. The molecular weight excluding hydrogens is 559 g/mol. The zero-order chi connectivity index (χ0) is 29.5. The van der Waals surface area contributed by atoms with Crippen molar-refractivity contribution in [3.8, 4) is 17.2 Å². The van der Waals surface area contributed by atoms with Crippen LogP contribution in [0.1, 0.15) is 33.2 Å². The molecule has 2 aromatic heterocycles. The Morgan fingerprint density at radius 3 is 2.85 bits per heavy atom. The Bertz CT molecular complexity index is 1590. The number of carbonyl (C=O) groups is 1. The first-order valence-electron chi connectivity index (χ1n) is 12.9. The lowest BCUT2D eigenvalue weighted by Crippen LogP contribution is -2.36. The van der Waals surface area contributed by atoms with E-state index in [0.717, 1.165) is 0 Å². The predicted molar refractivity (Wildman–Crippen MR) is 145 cm³/mol. The number of nitrogens with two attached hydrogens (primary N) is 1. The van der Waals surface area contributed by atoms with Gasteiger partial charge in [0.15, 0.2) is 22.7 Å². The number of benzene rings is 1. The zero-order valence-electron chi connectivity index (χ0n) is 22.6. The van der Waals surface area contributed by atoms with E-state index in [4.69, 9.17) is 29.0 Å². The van der Waals surface area contributed by atoms with Crippen LogP contribution in [0.2, 0.25) is 0 Å². The highest BCUT2D eigenvalue weighted by Gasteiger charge is 2.41. The summed E-state index contributed by atoms with van der Waals surface area (Å²) in [7, 11) is -4.25. The lowest BCUT2D eigenvalue weighted by Gasteiger charge is -2.25. The van der Waals surface area contributed by atoms with Crippen LogP contribution in [0.15, 0.2) is 41.5 Å². The Morgan fingerprint density at radius 2 is 2.10 bits per heavy atom. The first kappa shape index (κ1) is 28.6. The summed E-state index contributed by atoms with van der Waals surface area (Å²) in [6.45, 7) is 8.74. The summed E-state index contributed by atoms with van der Waals surface area (Å²) in [6, 6.07) is 3.04. The van der Waals surface area contributed by atoms with E-state index in [1.54, 1.807) is 24.5 Å². The van der Waals surface area contributed by atoms with Gasteiger partial charge in [0, 0.05) is 12.0 Å². The maximum Gasteiger partial charge on any atom is 0.459 e. The molecule has 1 fully saturated rings. The second-order valence-electron chi connectivity index (χ2n) is 10.0. The predicted octanol–water partition coefficient (Wildman–Crippen LogP) is 2.04. The summed E-state index contributed by atoms with van der Waals surface area (Å²) in [6.07, 6.45) is 0.280. The summed E-state index contributed by atoms with van der Waals surface area (Å²) >= 11 is 0. The Labute approximate surface area is 234 Å². The number of carbonyl (C=O) groups excluding carboxylic acids is 1. The van der Waals surface area contributed by atoms with Crippen molar-refractivity contribution in [2.24, 2.45) is 5.92 Å². The van der Waals surface area contributed by atoms with Crippen LogP contribution in [0.25, 0.3) is 11.2 Å². The van der Waals surface area contributed by atoms with E-state index in [1.165, 1.54) is 25.4 Å². The van der Waals surface area contributed by atoms with Crippen molar-refractivity contribution in [2.75, 3.05) is 19.1 Å². The summed E-state index contributed by atoms with van der Waals surface area (Å²) in [4.78, 5) is 35.4. The number of imidazole rings is 1. The minimum atomic E-state index is -4.25. The summed E-state index contributed by atoms with van der Waals surface area (Å²) in [5.74, 6) is -0.397. The van der Waals surface area contributed by atoms with E-state index in [-0.39, 0.29) is 42.7 Å². The SMILES string of the molecule is C=C1[C@H](CO[P@](=O)(N[C@@H](C)C(=O)OC(C)C)Oc2ccc3c(c2)OCO3)[C@@H](O)C[C@@H]1n1cnc2c(=O)[nH]c(N)nc21. The van der Waals surface area contributed by atoms with Gasteiger partial charge in [-0.1, -0.05) is 6.58 Å². The van der Waals surface area contributed by atoms with Crippen LogP contribution in [0, 0.1) is 5.92 Å². The Balaban J connectivity index is 1.36. The van der Waals surface area contributed by atoms with E-state index >= 15 is 0 Å². The average Bonchev–Trinajstić information content (AvgIpc) is 3.59. The van der Waals surface area contributed by atoms with E-state index in [1.807, 2.05) is 0 Å². The van der Waals surface area contributed by atoms with Crippen LogP contribution < -0.4 is 30.4 Å². The van der Waals surface area contributed by atoms with Crippen molar-refractivity contribution in [1.29, 1.82) is 0 Å². The molecule has 0 radical (unpaired) electrons. The van der Waals surface area contributed by atoms with Gasteiger partial charge in [-0.25, -0.2) is 9.55 Å². The fourth-order valence-electron chi connectivity index (χ4n) is 4.69. The van der Waals surface area contributed by atoms with Crippen LogP contribution >= 0.6 is 7.75 Å². The lowest BCUT2D eigenvalue weighted by atomic mass is 10.0. The molecule has 0 spiro atoms. The van der Waals surface area contributed by atoms with Crippen molar-refractivity contribution < 1.29 is 37.7 Å². The molecule has 2 aliphatic rings. The third kappa shape index (κ3) is 5.93. The normalized spacial score (nSPS) is 22.2. The smallest absolute Gasteiger partial charge is 0.459 e. The third-order valence-corrected chi connectivity index (χ3v) is 8.31. The molecule has 220 valence electrons. The van der Waals surface area contributed by atoms with Gasteiger partial charge in [-0.2, -0.15) is 10.1 Å². The van der Waals surface area contributed by atoms with Crippen LogP contribution in [0.5, 0.6) is 17.2 Å². The maximum atomic E-state index is 14.0. The number of esters is 1. The Morgan fingerprint density at radius 1 is 1.34 bits per heavy atom.